The van der Waals surface area contributed by atoms with Gasteiger partial charge in [-0.2, -0.15) is 11.8 Å². The van der Waals surface area contributed by atoms with E-state index in [0.717, 1.165) is 22.3 Å². The lowest BCUT2D eigenvalue weighted by atomic mass is 9.98. The van der Waals surface area contributed by atoms with Crippen molar-refractivity contribution in [3.63, 3.8) is 0 Å². The van der Waals surface area contributed by atoms with Gasteiger partial charge in [0.2, 0.25) is 5.91 Å². The lowest BCUT2D eigenvalue weighted by molar-refractivity contribution is -0.142. The van der Waals surface area contributed by atoms with Crippen molar-refractivity contribution in [3.8, 4) is 11.1 Å². The lowest BCUT2D eigenvalue weighted by Crippen LogP contribution is -2.43. The number of carbonyl (C=O) groups excluding carboxylic acids is 2. The zero-order valence-electron chi connectivity index (χ0n) is 18.4. The first-order valence-corrected chi connectivity index (χ1v) is 12.1. The zero-order chi connectivity index (χ0) is 23.6. The molecular weight excluding hydrogens is 444 g/mol. The van der Waals surface area contributed by atoms with Crippen molar-refractivity contribution in [3.05, 3.63) is 59.7 Å². The Labute approximate surface area is 197 Å². The van der Waals surface area contributed by atoms with Crippen LogP contribution in [-0.2, 0) is 19.1 Å². The number of fused-ring (bicyclic) bond motifs is 3. The van der Waals surface area contributed by atoms with Crippen molar-refractivity contribution in [2.75, 3.05) is 38.4 Å². The van der Waals surface area contributed by atoms with Crippen molar-refractivity contribution in [1.82, 2.24) is 10.6 Å². The summed E-state index contributed by atoms with van der Waals surface area (Å²) in [6.45, 7) is 0.199. The fourth-order valence-electron chi connectivity index (χ4n) is 3.77. The number of ether oxygens (including phenoxy) is 2. The zero-order valence-corrected chi connectivity index (χ0v) is 19.2. The first-order valence-electron chi connectivity index (χ1n) is 10.7. The average Bonchev–Trinajstić information content (AvgIpc) is 3.13. The summed E-state index contributed by atoms with van der Waals surface area (Å²) in [6.07, 6.45) is 1.65. The van der Waals surface area contributed by atoms with Crippen molar-refractivity contribution >= 4 is 29.7 Å². The number of nitrogens with one attached hydrogen (secondary N) is 2. The molecule has 0 radical (unpaired) electrons. The molecule has 0 aromatic heterocycles. The molecule has 0 bridgehead atoms. The predicted molar refractivity (Wildman–Crippen MR) is 126 cm³/mol. The molecule has 1 atom stereocenters. The van der Waals surface area contributed by atoms with Crippen LogP contribution in [0.3, 0.4) is 0 Å². The van der Waals surface area contributed by atoms with E-state index in [0.29, 0.717) is 12.2 Å². The minimum absolute atomic E-state index is 0.0172. The Morgan fingerprint density at radius 2 is 1.70 bits per heavy atom. The number of carbonyl (C=O) groups is 3. The van der Waals surface area contributed by atoms with E-state index in [1.807, 2.05) is 30.5 Å². The van der Waals surface area contributed by atoms with E-state index in [1.54, 1.807) is 0 Å². The number of thioether (sulfide) groups is 1. The normalized spacial score (nSPS) is 13.0. The molecule has 0 aliphatic heterocycles. The summed E-state index contributed by atoms with van der Waals surface area (Å²) < 4.78 is 10.7. The number of benzene rings is 2. The van der Waals surface area contributed by atoms with Gasteiger partial charge < -0.3 is 25.2 Å². The Balaban J connectivity index is 1.36. The molecule has 33 heavy (non-hydrogen) atoms. The van der Waals surface area contributed by atoms with E-state index < -0.39 is 24.0 Å². The van der Waals surface area contributed by atoms with Crippen LogP contribution < -0.4 is 10.6 Å². The van der Waals surface area contributed by atoms with Gasteiger partial charge in [-0.15, -0.1) is 0 Å². The highest BCUT2D eigenvalue weighted by Gasteiger charge is 2.29. The van der Waals surface area contributed by atoms with Gasteiger partial charge in [-0.1, -0.05) is 48.5 Å². The largest absolute Gasteiger partial charge is 0.480 e. The van der Waals surface area contributed by atoms with E-state index in [9.17, 15) is 14.4 Å². The van der Waals surface area contributed by atoms with Gasteiger partial charge in [0.1, 0.15) is 19.3 Å². The molecule has 9 heteroatoms. The summed E-state index contributed by atoms with van der Waals surface area (Å²) in [5.41, 5.74) is 4.59. The summed E-state index contributed by atoms with van der Waals surface area (Å²) >= 11 is 1.51. The van der Waals surface area contributed by atoms with Gasteiger partial charge in [0.25, 0.3) is 0 Å². The van der Waals surface area contributed by atoms with Crippen LogP contribution in [0.4, 0.5) is 4.79 Å². The second kappa shape index (κ2) is 12.3. The monoisotopic (exact) mass is 472 g/mol. The van der Waals surface area contributed by atoms with Crippen LogP contribution in [0.25, 0.3) is 11.1 Å². The summed E-state index contributed by atoms with van der Waals surface area (Å²) in [6, 6.07) is 15.3. The summed E-state index contributed by atoms with van der Waals surface area (Å²) in [5.74, 6) is -0.974. The first kappa shape index (κ1) is 24.6. The van der Waals surface area contributed by atoms with Gasteiger partial charge in [-0.05, 0) is 40.7 Å². The molecule has 2 aromatic carbocycles. The standard InChI is InChI=1S/C24H28N2O6S/c1-33-13-10-21(23(28)29)26-22(27)15-31-12-11-25-24(30)32-14-20-18-8-4-2-6-16(18)17-7-3-5-9-19(17)20/h2-9,20-21H,10-15H2,1H3,(H,25,30)(H,26,27)(H,28,29). The number of rotatable bonds is 12. The lowest BCUT2D eigenvalue weighted by Gasteiger charge is -2.15. The highest BCUT2D eigenvalue weighted by atomic mass is 32.2. The minimum atomic E-state index is -1.07. The maximum absolute atomic E-state index is 12.1. The maximum atomic E-state index is 12.1. The number of carboxylic acids is 1. The molecule has 2 amide bonds. The molecule has 1 unspecified atom stereocenters. The second-order valence-corrected chi connectivity index (χ2v) is 8.53. The Kier molecular flexibility index (Phi) is 9.14. The predicted octanol–water partition coefficient (Wildman–Crippen LogP) is 2.86. The molecule has 8 nitrogen and oxygen atoms in total. The Bertz CT molecular complexity index is 937. The van der Waals surface area contributed by atoms with Gasteiger partial charge in [-0.3, -0.25) is 4.79 Å². The average molecular weight is 473 g/mol. The van der Waals surface area contributed by atoms with Crippen molar-refractivity contribution < 1.29 is 29.0 Å². The fourth-order valence-corrected chi connectivity index (χ4v) is 4.24. The van der Waals surface area contributed by atoms with Crippen LogP contribution in [-0.4, -0.2) is 67.5 Å². The molecule has 0 saturated carbocycles. The van der Waals surface area contributed by atoms with Crippen LogP contribution in [0.5, 0.6) is 0 Å². The molecule has 0 spiro atoms. The van der Waals surface area contributed by atoms with Gasteiger partial charge in [0.15, 0.2) is 0 Å². The highest BCUT2D eigenvalue weighted by Crippen LogP contribution is 2.44. The number of carboxylic acid groups (broad SMARTS) is 1. The first-order chi connectivity index (χ1) is 16.0. The van der Waals surface area contributed by atoms with Crippen molar-refractivity contribution in [1.29, 1.82) is 0 Å². The van der Waals surface area contributed by atoms with Gasteiger partial charge in [-0.25, -0.2) is 9.59 Å². The SMILES string of the molecule is CSCCC(NC(=O)COCCNC(=O)OCC1c2ccccc2-c2ccccc21)C(=O)O. The quantitative estimate of drug-likeness (QED) is 0.407. The molecule has 0 heterocycles. The van der Waals surface area contributed by atoms with E-state index in [1.165, 1.54) is 11.8 Å². The van der Waals surface area contributed by atoms with Crippen LogP contribution in [0.15, 0.2) is 48.5 Å². The fraction of sp³-hybridized carbons (Fsp3) is 0.375. The third kappa shape index (κ3) is 6.72. The smallest absolute Gasteiger partial charge is 0.407 e. The number of alkyl carbamates (subject to hydrolysis) is 1. The second-order valence-electron chi connectivity index (χ2n) is 7.54. The van der Waals surface area contributed by atoms with Gasteiger partial charge in [0.05, 0.1) is 6.61 Å². The van der Waals surface area contributed by atoms with E-state index in [-0.39, 0.29) is 32.3 Å². The Morgan fingerprint density at radius 1 is 1.06 bits per heavy atom. The van der Waals surface area contributed by atoms with Crippen LogP contribution in [0.1, 0.15) is 23.5 Å². The summed E-state index contributed by atoms with van der Waals surface area (Å²) in [7, 11) is 0. The molecular formula is C24H28N2O6S. The topological polar surface area (TPSA) is 114 Å². The molecule has 1 aliphatic rings. The Hall–Kier alpha value is -3.04. The van der Waals surface area contributed by atoms with E-state index >= 15 is 0 Å². The van der Waals surface area contributed by atoms with E-state index in [2.05, 4.69) is 34.9 Å². The molecule has 3 N–H and O–H groups in total. The third-order valence-corrected chi connectivity index (χ3v) is 5.98. The number of hydrogen-bond donors (Lipinski definition) is 3. The molecule has 0 saturated heterocycles. The van der Waals surface area contributed by atoms with Crippen LogP contribution >= 0.6 is 11.8 Å². The van der Waals surface area contributed by atoms with Gasteiger partial charge in [0, 0.05) is 12.5 Å². The number of amides is 2. The maximum Gasteiger partial charge on any atom is 0.407 e. The molecule has 2 aromatic rings. The van der Waals surface area contributed by atoms with Crippen molar-refractivity contribution in [2.24, 2.45) is 0 Å². The summed E-state index contributed by atoms with van der Waals surface area (Å²) in [5, 5.41) is 14.2. The van der Waals surface area contributed by atoms with Crippen LogP contribution in [0.2, 0.25) is 0 Å². The molecule has 1 aliphatic carbocycles. The summed E-state index contributed by atoms with van der Waals surface area (Å²) in [4.78, 5) is 35.1. The van der Waals surface area contributed by atoms with Crippen molar-refractivity contribution in [2.45, 2.75) is 18.4 Å². The minimum Gasteiger partial charge on any atom is -0.480 e. The van der Waals surface area contributed by atoms with Crippen LogP contribution in [0, 0.1) is 0 Å². The highest BCUT2D eigenvalue weighted by molar-refractivity contribution is 7.98. The van der Waals surface area contributed by atoms with Gasteiger partial charge >= 0.3 is 12.1 Å². The molecule has 0 fully saturated rings. The molecule has 176 valence electrons. The third-order valence-electron chi connectivity index (χ3n) is 5.34. The number of aliphatic carboxylic acids is 1. The molecule has 3 rings (SSSR count). The van der Waals surface area contributed by atoms with E-state index in [4.69, 9.17) is 14.6 Å². The number of hydrogen-bond acceptors (Lipinski definition) is 6. The Morgan fingerprint density at radius 3 is 2.30 bits per heavy atom.